The molecule has 2 nitrogen and oxygen atoms in total. The Kier molecular flexibility index (Phi) is 5.85. The van der Waals surface area contributed by atoms with Gasteiger partial charge in [-0.15, -0.1) is 11.3 Å². The third-order valence-corrected chi connectivity index (χ3v) is 3.69. The van der Waals surface area contributed by atoms with Crippen molar-refractivity contribution < 1.29 is 4.74 Å². The number of hydrogen-bond donors (Lipinski definition) is 1. The predicted octanol–water partition coefficient (Wildman–Crippen LogP) is 3.84. The molecule has 1 atom stereocenters. The summed E-state index contributed by atoms with van der Waals surface area (Å²) in [4.78, 5) is 1.34. The summed E-state index contributed by atoms with van der Waals surface area (Å²) >= 11 is 1.79. The van der Waals surface area contributed by atoms with Gasteiger partial charge in [0, 0.05) is 6.04 Å². The monoisotopic (exact) mass is 241 g/mol. The summed E-state index contributed by atoms with van der Waals surface area (Å²) in [5, 5.41) is 5.65. The van der Waals surface area contributed by atoms with Crippen LogP contribution in [0.4, 0.5) is 0 Å². The van der Waals surface area contributed by atoms with Crippen LogP contribution in [0.15, 0.2) is 11.4 Å². The summed E-state index contributed by atoms with van der Waals surface area (Å²) in [6.45, 7) is 7.70. The fraction of sp³-hybridized carbons (Fsp3) is 0.692. The fourth-order valence-corrected chi connectivity index (χ4v) is 2.78. The van der Waals surface area contributed by atoms with Crippen LogP contribution in [0, 0.1) is 5.92 Å². The second-order valence-corrected chi connectivity index (χ2v) is 5.38. The highest BCUT2D eigenvalue weighted by atomic mass is 32.1. The molecule has 0 saturated heterocycles. The fourth-order valence-electron chi connectivity index (χ4n) is 1.80. The van der Waals surface area contributed by atoms with Gasteiger partial charge in [-0.3, -0.25) is 0 Å². The highest BCUT2D eigenvalue weighted by Gasteiger charge is 2.16. The minimum absolute atomic E-state index is 0.447. The lowest BCUT2D eigenvalue weighted by Crippen LogP contribution is -2.20. The molecule has 0 aliphatic carbocycles. The molecule has 0 spiro atoms. The van der Waals surface area contributed by atoms with Gasteiger partial charge >= 0.3 is 0 Å². The van der Waals surface area contributed by atoms with E-state index in [-0.39, 0.29) is 0 Å². The maximum absolute atomic E-state index is 5.39. The number of thiophene rings is 1. The first-order valence-electron chi connectivity index (χ1n) is 6.03. The van der Waals surface area contributed by atoms with Gasteiger partial charge in [0.1, 0.15) is 5.75 Å². The zero-order valence-electron chi connectivity index (χ0n) is 10.7. The van der Waals surface area contributed by atoms with Crippen molar-refractivity contribution in [2.24, 2.45) is 5.92 Å². The second kappa shape index (κ2) is 6.92. The number of methoxy groups -OCH3 is 1. The Balaban J connectivity index is 2.68. The molecule has 0 aliphatic rings. The van der Waals surface area contributed by atoms with Crippen LogP contribution in [-0.4, -0.2) is 13.7 Å². The van der Waals surface area contributed by atoms with E-state index in [1.807, 2.05) is 0 Å². The first-order valence-corrected chi connectivity index (χ1v) is 6.91. The first-order chi connectivity index (χ1) is 7.69. The van der Waals surface area contributed by atoms with E-state index in [1.165, 1.54) is 17.7 Å². The molecule has 0 amide bonds. The largest absolute Gasteiger partial charge is 0.496 e. The summed E-state index contributed by atoms with van der Waals surface area (Å²) in [5.74, 6) is 1.78. The zero-order chi connectivity index (χ0) is 12.0. The van der Waals surface area contributed by atoms with E-state index in [9.17, 15) is 0 Å². The summed E-state index contributed by atoms with van der Waals surface area (Å²) < 4.78 is 5.39. The van der Waals surface area contributed by atoms with E-state index in [1.54, 1.807) is 18.4 Å². The Hall–Kier alpha value is -0.540. The summed E-state index contributed by atoms with van der Waals surface area (Å²) in [6, 6.07) is 2.50. The Morgan fingerprint density at radius 1 is 1.38 bits per heavy atom. The molecule has 0 aromatic carbocycles. The van der Waals surface area contributed by atoms with Gasteiger partial charge in [0.2, 0.25) is 0 Å². The quantitative estimate of drug-likeness (QED) is 0.783. The number of ether oxygens (including phenoxy) is 1. The minimum atomic E-state index is 0.447. The predicted molar refractivity (Wildman–Crippen MR) is 71.4 cm³/mol. The van der Waals surface area contributed by atoms with E-state index in [0.29, 0.717) is 6.04 Å². The molecule has 1 heterocycles. The van der Waals surface area contributed by atoms with Crippen LogP contribution in [0.3, 0.4) is 0 Å². The molecular formula is C13H23NOS. The smallest absolute Gasteiger partial charge is 0.134 e. The van der Waals surface area contributed by atoms with Gasteiger partial charge in [0.25, 0.3) is 0 Å². The molecule has 1 unspecified atom stereocenters. The summed E-state index contributed by atoms with van der Waals surface area (Å²) in [5.41, 5.74) is 0. The van der Waals surface area contributed by atoms with Gasteiger partial charge in [-0.25, -0.2) is 0 Å². The Labute approximate surface area is 103 Å². The van der Waals surface area contributed by atoms with Crippen molar-refractivity contribution in [2.45, 2.75) is 39.7 Å². The maximum Gasteiger partial charge on any atom is 0.134 e. The van der Waals surface area contributed by atoms with Crippen molar-refractivity contribution in [2.75, 3.05) is 13.7 Å². The van der Waals surface area contributed by atoms with Gasteiger partial charge in [0.05, 0.1) is 12.0 Å². The molecular weight excluding hydrogens is 218 g/mol. The van der Waals surface area contributed by atoms with Crippen molar-refractivity contribution >= 4 is 11.3 Å². The van der Waals surface area contributed by atoms with Crippen LogP contribution in [0.5, 0.6) is 5.75 Å². The van der Waals surface area contributed by atoms with Gasteiger partial charge in [-0.05, 0) is 36.8 Å². The van der Waals surface area contributed by atoms with Crippen molar-refractivity contribution in [3.8, 4) is 5.75 Å². The molecule has 0 bridgehead atoms. The SMILES string of the molecule is CCNC(CCC(C)C)c1sccc1OC. The number of hydrogen-bond acceptors (Lipinski definition) is 3. The lowest BCUT2D eigenvalue weighted by Gasteiger charge is -2.18. The molecule has 3 heteroatoms. The zero-order valence-corrected chi connectivity index (χ0v) is 11.6. The third-order valence-electron chi connectivity index (χ3n) is 2.68. The molecule has 1 aromatic rings. The number of rotatable bonds is 7. The van der Waals surface area contributed by atoms with Crippen LogP contribution in [0.25, 0.3) is 0 Å². The van der Waals surface area contributed by atoms with Crippen molar-refractivity contribution in [1.82, 2.24) is 5.32 Å². The molecule has 0 fully saturated rings. The van der Waals surface area contributed by atoms with Crippen LogP contribution < -0.4 is 10.1 Å². The molecule has 16 heavy (non-hydrogen) atoms. The molecule has 0 aliphatic heterocycles. The summed E-state index contributed by atoms with van der Waals surface area (Å²) in [6.07, 6.45) is 2.43. The normalized spacial score (nSPS) is 13.1. The summed E-state index contributed by atoms with van der Waals surface area (Å²) in [7, 11) is 1.75. The molecule has 1 N–H and O–H groups in total. The van der Waals surface area contributed by atoms with E-state index < -0.39 is 0 Å². The van der Waals surface area contributed by atoms with Crippen LogP contribution in [0.2, 0.25) is 0 Å². The van der Waals surface area contributed by atoms with Crippen molar-refractivity contribution in [1.29, 1.82) is 0 Å². The van der Waals surface area contributed by atoms with Crippen molar-refractivity contribution in [3.05, 3.63) is 16.3 Å². The number of nitrogens with one attached hydrogen (secondary N) is 1. The third kappa shape index (κ3) is 3.80. The van der Waals surface area contributed by atoms with E-state index >= 15 is 0 Å². The van der Waals surface area contributed by atoms with E-state index in [4.69, 9.17) is 4.74 Å². The van der Waals surface area contributed by atoms with Gasteiger partial charge in [-0.2, -0.15) is 0 Å². The van der Waals surface area contributed by atoms with E-state index in [2.05, 4.69) is 37.5 Å². The van der Waals surface area contributed by atoms with E-state index in [0.717, 1.165) is 18.2 Å². The Morgan fingerprint density at radius 3 is 2.69 bits per heavy atom. The van der Waals surface area contributed by atoms with Gasteiger partial charge in [-0.1, -0.05) is 20.8 Å². The highest BCUT2D eigenvalue weighted by Crippen LogP contribution is 2.33. The first kappa shape index (κ1) is 13.5. The average molecular weight is 241 g/mol. The standard InChI is InChI=1S/C13H23NOS/c1-5-14-11(7-6-10(2)3)13-12(15-4)8-9-16-13/h8-11,14H,5-7H2,1-4H3. The van der Waals surface area contributed by atoms with Gasteiger partial charge in [0.15, 0.2) is 0 Å². The van der Waals surface area contributed by atoms with Gasteiger partial charge < -0.3 is 10.1 Å². The lowest BCUT2D eigenvalue weighted by atomic mass is 10.0. The molecule has 1 aromatic heterocycles. The molecule has 92 valence electrons. The Morgan fingerprint density at radius 2 is 2.12 bits per heavy atom. The molecule has 0 radical (unpaired) electrons. The van der Waals surface area contributed by atoms with Crippen LogP contribution in [-0.2, 0) is 0 Å². The molecule has 1 rings (SSSR count). The van der Waals surface area contributed by atoms with Crippen LogP contribution in [0.1, 0.15) is 44.5 Å². The molecule has 0 saturated carbocycles. The second-order valence-electron chi connectivity index (χ2n) is 4.43. The highest BCUT2D eigenvalue weighted by molar-refractivity contribution is 7.10. The van der Waals surface area contributed by atoms with Crippen molar-refractivity contribution in [3.63, 3.8) is 0 Å². The lowest BCUT2D eigenvalue weighted by molar-refractivity contribution is 0.393. The van der Waals surface area contributed by atoms with Crippen LogP contribution >= 0.6 is 11.3 Å². The maximum atomic E-state index is 5.39. The Bertz CT molecular complexity index is 296. The topological polar surface area (TPSA) is 21.3 Å². The minimum Gasteiger partial charge on any atom is -0.496 e. The average Bonchev–Trinajstić information content (AvgIpc) is 2.71.